The largest absolute Gasteiger partial charge is 0.508 e. The Morgan fingerprint density at radius 2 is 1.90 bits per heavy atom. The summed E-state index contributed by atoms with van der Waals surface area (Å²) in [5.74, 6) is -2.16. The van der Waals surface area contributed by atoms with Crippen LogP contribution in [0.1, 0.15) is 22.8 Å². The molecule has 0 aliphatic rings. The third kappa shape index (κ3) is 3.02. The van der Waals surface area contributed by atoms with Gasteiger partial charge in [-0.3, -0.25) is 4.79 Å². The van der Waals surface area contributed by atoms with E-state index in [1.54, 1.807) is 19.1 Å². The van der Waals surface area contributed by atoms with Gasteiger partial charge >= 0.3 is 0 Å². The lowest BCUT2D eigenvalue weighted by Gasteiger charge is -2.21. The Bertz CT molecular complexity index is 686. The maximum Gasteiger partial charge on any atom is 0.261 e. The van der Waals surface area contributed by atoms with Crippen LogP contribution >= 0.6 is 0 Å². The molecule has 0 fully saturated rings. The molecule has 21 heavy (non-hydrogen) atoms. The van der Waals surface area contributed by atoms with Crippen molar-refractivity contribution in [1.29, 1.82) is 0 Å². The van der Waals surface area contributed by atoms with Gasteiger partial charge in [0, 0.05) is 24.4 Å². The molecule has 1 amide bonds. The second-order valence-electron chi connectivity index (χ2n) is 4.65. The molecule has 1 N–H and O–H groups in total. The summed E-state index contributed by atoms with van der Waals surface area (Å²) in [6, 6.07) is 8.01. The topological polar surface area (TPSA) is 40.5 Å². The van der Waals surface area contributed by atoms with Gasteiger partial charge in [0.2, 0.25) is 0 Å². The van der Waals surface area contributed by atoms with Crippen molar-refractivity contribution in [2.24, 2.45) is 0 Å². The van der Waals surface area contributed by atoms with Crippen LogP contribution < -0.4 is 4.90 Å². The van der Waals surface area contributed by atoms with Crippen LogP contribution in [0.15, 0.2) is 36.4 Å². The standard InChI is InChI=1S/C16H15F2NO2/c1-3-19(11-5-4-6-12(20)8-11)16(21)13-7-10(2)14(17)9-15(13)18/h4-9,20H,3H2,1-2H3. The van der Waals surface area contributed by atoms with Gasteiger partial charge in [0.1, 0.15) is 17.4 Å². The van der Waals surface area contributed by atoms with Crippen molar-refractivity contribution < 1.29 is 18.7 Å². The highest BCUT2D eigenvalue weighted by molar-refractivity contribution is 6.06. The van der Waals surface area contributed by atoms with E-state index in [0.29, 0.717) is 11.8 Å². The van der Waals surface area contributed by atoms with Crippen LogP contribution in [0, 0.1) is 18.6 Å². The number of carbonyl (C=O) groups excluding carboxylic acids is 1. The number of aromatic hydroxyl groups is 1. The zero-order valence-corrected chi connectivity index (χ0v) is 11.7. The summed E-state index contributed by atoms with van der Waals surface area (Å²) in [7, 11) is 0. The molecule has 0 spiro atoms. The Labute approximate surface area is 121 Å². The van der Waals surface area contributed by atoms with Crippen LogP contribution in [0.2, 0.25) is 0 Å². The lowest BCUT2D eigenvalue weighted by atomic mass is 10.1. The minimum absolute atomic E-state index is 0.00880. The first-order valence-electron chi connectivity index (χ1n) is 6.50. The van der Waals surface area contributed by atoms with E-state index >= 15 is 0 Å². The number of phenolic OH excluding ortho intramolecular Hbond substituents is 1. The van der Waals surface area contributed by atoms with Crippen molar-refractivity contribution in [1.82, 2.24) is 0 Å². The van der Waals surface area contributed by atoms with Gasteiger partial charge in [-0.1, -0.05) is 6.07 Å². The molecule has 0 saturated carbocycles. The molecule has 0 aliphatic heterocycles. The predicted molar refractivity (Wildman–Crippen MR) is 76.6 cm³/mol. The van der Waals surface area contributed by atoms with Gasteiger partial charge in [0.25, 0.3) is 5.91 Å². The van der Waals surface area contributed by atoms with Crippen LogP contribution in [0.4, 0.5) is 14.5 Å². The number of aryl methyl sites for hydroxylation is 1. The molecule has 5 heteroatoms. The Balaban J connectivity index is 2.44. The average Bonchev–Trinajstić information content (AvgIpc) is 2.43. The lowest BCUT2D eigenvalue weighted by molar-refractivity contribution is 0.0984. The summed E-state index contributed by atoms with van der Waals surface area (Å²) < 4.78 is 27.1. The Morgan fingerprint density at radius 1 is 1.19 bits per heavy atom. The second kappa shape index (κ2) is 5.91. The molecular weight excluding hydrogens is 276 g/mol. The molecule has 2 aromatic rings. The van der Waals surface area contributed by atoms with Crippen LogP contribution in [-0.4, -0.2) is 17.6 Å². The molecule has 3 nitrogen and oxygen atoms in total. The fraction of sp³-hybridized carbons (Fsp3) is 0.188. The van der Waals surface area contributed by atoms with Gasteiger partial charge in [0.05, 0.1) is 5.56 Å². The molecule has 0 radical (unpaired) electrons. The SMILES string of the molecule is CCN(C(=O)c1cc(C)c(F)cc1F)c1cccc(O)c1. The van der Waals surface area contributed by atoms with Crippen LogP contribution in [0.5, 0.6) is 5.75 Å². The third-order valence-electron chi connectivity index (χ3n) is 3.18. The van der Waals surface area contributed by atoms with Gasteiger partial charge in [-0.15, -0.1) is 0 Å². The molecule has 0 heterocycles. The van der Waals surface area contributed by atoms with E-state index in [1.807, 2.05) is 0 Å². The second-order valence-corrected chi connectivity index (χ2v) is 4.65. The van der Waals surface area contributed by atoms with Crippen molar-refractivity contribution in [2.75, 3.05) is 11.4 Å². The summed E-state index contributed by atoms with van der Waals surface area (Å²) in [6.45, 7) is 3.49. The first-order chi connectivity index (χ1) is 9.93. The number of rotatable bonds is 3. The summed E-state index contributed by atoms with van der Waals surface area (Å²) >= 11 is 0. The predicted octanol–water partition coefficient (Wildman–Crippen LogP) is 3.65. The smallest absolute Gasteiger partial charge is 0.261 e. The average molecular weight is 291 g/mol. The maximum absolute atomic E-state index is 13.8. The van der Waals surface area contributed by atoms with E-state index in [4.69, 9.17) is 0 Å². The van der Waals surface area contributed by atoms with Gasteiger partial charge < -0.3 is 10.0 Å². The van der Waals surface area contributed by atoms with E-state index in [2.05, 4.69) is 0 Å². The number of hydrogen-bond donors (Lipinski definition) is 1. The summed E-state index contributed by atoms with van der Waals surface area (Å²) in [5, 5.41) is 9.48. The number of benzene rings is 2. The van der Waals surface area contributed by atoms with Gasteiger partial charge in [0.15, 0.2) is 0 Å². The zero-order valence-electron chi connectivity index (χ0n) is 11.7. The highest BCUT2D eigenvalue weighted by Crippen LogP contribution is 2.23. The van der Waals surface area contributed by atoms with E-state index in [1.165, 1.54) is 30.0 Å². The number of hydrogen-bond acceptors (Lipinski definition) is 2. The molecule has 2 aromatic carbocycles. The zero-order chi connectivity index (χ0) is 15.6. The maximum atomic E-state index is 13.8. The molecular formula is C16H15F2NO2. The highest BCUT2D eigenvalue weighted by Gasteiger charge is 2.21. The van der Waals surface area contributed by atoms with Crippen LogP contribution in [0.3, 0.4) is 0 Å². The van der Waals surface area contributed by atoms with Crippen molar-refractivity contribution >= 4 is 11.6 Å². The van der Waals surface area contributed by atoms with Gasteiger partial charge in [-0.2, -0.15) is 0 Å². The number of halogens is 2. The molecule has 2 rings (SSSR count). The van der Waals surface area contributed by atoms with Gasteiger partial charge in [-0.25, -0.2) is 8.78 Å². The van der Waals surface area contributed by atoms with E-state index < -0.39 is 17.5 Å². The minimum Gasteiger partial charge on any atom is -0.508 e. The van der Waals surface area contributed by atoms with Crippen LogP contribution in [-0.2, 0) is 0 Å². The summed E-state index contributed by atoms with van der Waals surface area (Å²) in [6.07, 6.45) is 0. The van der Waals surface area contributed by atoms with Crippen molar-refractivity contribution in [3.8, 4) is 5.75 Å². The molecule has 0 atom stereocenters. The number of amides is 1. The molecule has 0 bridgehead atoms. The fourth-order valence-electron chi connectivity index (χ4n) is 2.07. The summed E-state index contributed by atoms with van der Waals surface area (Å²) in [4.78, 5) is 13.8. The lowest BCUT2D eigenvalue weighted by Crippen LogP contribution is -2.31. The quantitative estimate of drug-likeness (QED) is 0.937. The van der Waals surface area contributed by atoms with Crippen LogP contribution in [0.25, 0.3) is 0 Å². The van der Waals surface area contributed by atoms with Gasteiger partial charge in [-0.05, 0) is 37.6 Å². The highest BCUT2D eigenvalue weighted by atomic mass is 19.1. The fourth-order valence-corrected chi connectivity index (χ4v) is 2.07. The van der Waals surface area contributed by atoms with E-state index in [9.17, 15) is 18.7 Å². The number of phenols is 1. The molecule has 0 unspecified atom stereocenters. The Kier molecular flexibility index (Phi) is 4.21. The number of nitrogens with zero attached hydrogens (tertiary/aromatic N) is 1. The van der Waals surface area contributed by atoms with E-state index in [0.717, 1.165) is 0 Å². The minimum atomic E-state index is -0.901. The Morgan fingerprint density at radius 3 is 2.52 bits per heavy atom. The number of carbonyl (C=O) groups is 1. The first kappa shape index (κ1) is 15.0. The van der Waals surface area contributed by atoms with E-state index in [-0.39, 0.29) is 23.4 Å². The van der Waals surface area contributed by atoms with Crippen molar-refractivity contribution in [3.05, 3.63) is 59.2 Å². The molecule has 0 saturated heterocycles. The molecule has 0 aromatic heterocycles. The monoisotopic (exact) mass is 291 g/mol. The molecule has 0 aliphatic carbocycles. The Hall–Kier alpha value is -2.43. The third-order valence-corrected chi connectivity index (χ3v) is 3.18. The van der Waals surface area contributed by atoms with Crippen molar-refractivity contribution in [3.63, 3.8) is 0 Å². The molecule has 110 valence electrons. The first-order valence-corrected chi connectivity index (χ1v) is 6.50. The summed E-state index contributed by atoms with van der Waals surface area (Å²) in [5.41, 5.74) is 0.453. The van der Waals surface area contributed by atoms with Crippen molar-refractivity contribution in [2.45, 2.75) is 13.8 Å². The number of anilines is 1. The normalized spacial score (nSPS) is 10.5.